The first-order chi connectivity index (χ1) is 8.41. The highest BCUT2D eigenvalue weighted by molar-refractivity contribution is 5.78. The lowest BCUT2D eigenvalue weighted by Crippen LogP contribution is -2.52. The van der Waals surface area contributed by atoms with Gasteiger partial charge in [0.15, 0.2) is 0 Å². The predicted molar refractivity (Wildman–Crippen MR) is 67.9 cm³/mol. The third kappa shape index (κ3) is 3.43. The minimum absolute atomic E-state index is 0.0295. The average molecular weight is 257 g/mol. The Balaban J connectivity index is 2.79. The number of nitrogens with two attached hydrogens (primary N) is 1. The van der Waals surface area contributed by atoms with Crippen molar-refractivity contribution in [3.05, 3.63) is 0 Å². The quantitative estimate of drug-likeness (QED) is 0.691. The van der Waals surface area contributed by atoms with Crippen LogP contribution in [0.4, 0.5) is 0 Å². The van der Waals surface area contributed by atoms with Crippen molar-refractivity contribution in [3.63, 3.8) is 0 Å². The maximum atomic E-state index is 11.8. The smallest absolute Gasteiger partial charge is 0.236 e. The predicted octanol–water partition coefficient (Wildman–Crippen LogP) is -0.569. The van der Waals surface area contributed by atoms with Gasteiger partial charge in [-0.3, -0.25) is 14.5 Å². The van der Waals surface area contributed by atoms with Gasteiger partial charge in [-0.05, 0) is 19.4 Å². The van der Waals surface area contributed by atoms with E-state index in [-0.39, 0.29) is 18.2 Å². The molecule has 2 amide bonds. The van der Waals surface area contributed by atoms with Gasteiger partial charge in [-0.15, -0.1) is 0 Å². The summed E-state index contributed by atoms with van der Waals surface area (Å²) in [6.45, 7) is 1.54. The van der Waals surface area contributed by atoms with E-state index in [4.69, 9.17) is 10.5 Å². The van der Waals surface area contributed by atoms with Crippen LogP contribution in [-0.4, -0.2) is 68.1 Å². The molecule has 0 aromatic rings. The van der Waals surface area contributed by atoms with Crippen LogP contribution in [-0.2, 0) is 14.3 Å². The number of rotatable bonds is 6. The fraction of sp³-hybridized carbons (Fsp3) is 0.833. The number of ether oxygens (including phenoxy) is 1. The maximum Gasteiger partial charge on any atom is 0.236 e. The van der Waals surface area contributed by atoms with Crippen molar-refractivity contribution in [1.82, 2.24) is 9.80 Å². The molecule has 6 nitrogen and oxygen atoms in total. The lowest BCUT2D eigenvalue weighted by Gasteiger charge is -2.37. The van der Waals surface area contributed by atoms with Crippen LogP contribution in [0.1, 0.15) is 19.3 Å². The van der Waals surface area contributed by atoms with Crippen LogP contribution in [0.15, 0.2) is 0 Å². The molecule has 1 atom stereocenters. The van der Waals surface area contributed by atoms with Crippen molar-refractivity contribution in [3.8, 4) is 0 Å². The van der Waals surface area contributed by atoms with Crippen LogP contribution < -0.4 is 5.73 Å². The molecule has 104 valence electrons. The number of nitrogens with zero attached hydrogens (tertiary/aromatic N) is 2. The molecule has 1 saturated heterocycles. The van der Waals surface area contributed by atoms with Gasteiger partial charge in [0.2, 0.25) is 11.8 Å². The molecule has 0 spiro atoms. The summed E-state index contributed by atoms with van der Waals surface area (Å²) in [5.41, 5.74) is 4.91. The van der Waals surface area contributed by atoms with E-state index in [0.29, 0.717) is 13.2 Å². The Hall–Kier alpha value is -1.14. The third-order valence-electron chi connectivity index (χ3n) is 3.48. The summed E-state index contributed by atoms with van der Waals surface area (Å²) in [4.78, 5) is 26.6. The second-order valence-corrected chi connectivity index (χ2v) is 5.11. The topological polar surface area (TPSA) is 75.9 Å². The van der Waals surface area contributed by atoms with E-state index in [9.17, 15) is 9.59 Å². The van der Waals surface area contributed by atoms with E-state index < -0.39 is 5.54 Å². The molecule has 1 aliphatic heterocycles. The Morgan fingerprint density at radius 3 is 2.61 bits per heavy atom. The Bertz CT molecular complexity index is 320. The van der Waals surface area contributed by atoms with Gasteiger partial charge in [0, 0.05) is 27.6 Å². The molecule has 18 heavy (non-hydrogen) atoms. The van der Waals surface area contributed by atoms with Crippen LogP contribution >= 0.6 is 0 Å². The van der Waals surface area contributed by atoms with Crippen molar-refractivity contribution >= 4 is 11.8 Å². The van der Waals surface area contributed by atoms with Crippen LogP contribution in [0, 0.1) is 0 Å². The molecule has 0 aromatic carbocycles. The van der Waals surface area contributed by atoms with Gasteiger partial charge in [-0.25, -0.2) is 0 Å². The SMILES string of the molecule is COC[C@]1(CC(N)=O)CCCN1CC(=O)N(C)C. The van der Waals surface area contributed by atoms with Gasteiger partial charge < -0.3 is 15.4 Å². The fourth-order valence-electron chi connectivity index (χ4n) is 2.55. The standard InChI is InChI=1S/C12H23N3O3/c1-14(2)11(17)8-15-6-4-5-12(15,9-18-3)7-10(13)16/h4-9H2,1-3H3,(H2,13,16)/t12-/m1/s1. The highest BCUT2D eigenvalue weighted by Gasteiger charge is 2.43. The van der Waals surface area contributed by atoms with Crippen LogP contribution in [0.25, 0.3) is 0 Å². The summed E-state index contributed by atoms with van der Waals surface area (Å²) in [6, 6.07) is 0. The van der Waals surface area contributed by atoms with Gasteiger partial charge in [0.1, 0.15) is 0 Å². The second-order valence-electron chi connectivity index (χ2n) is 5.11. The van der Waals surface area contributed by atoms with E-state index in [1.54, 1.807) is 26.1 Å². The van der Waals surface area contributed by atoms with E-state index in [1.165, 1.54) is 0 Å². The van der Waals surface area contributed by atoms with Crippen molar-refractivity contribution in [2.45, 2.75) is 24.8 Å². The summed E-state index contributed by atoms with van der Waals surface area (Å²) >= 11 is 0. The Morgan fingerprint density at radius 1 is 1.44 bits per heavy atom. The third-order valence-corrected chi connectivity index (χ3v) is 3.48. The molecule has 0 bridgehead atoms. The monoisotopic (exact) mass is 257 g/mol. The Labute approximate surface area is 108 Å². The molecule has 6 heteroatoms. The minimum atomic E-state index is -0.410. The number of carbonyl (C=O) groups is 2. The minimum Gasteiger partial charge on any atom is -0.383 e. The molecule has 0 aliphatic carbocycles. The van der Waals surface area contributed by atoms with Crippen molar-refractivity contribution < 1.29 is 14.3 Å². The summed E-state index contributed by atoms with van der Waals surface area (Å²) in [5.74, 6) is -0.321. The van der Waals surface area contributed by atoms with Gasteiger partial charge in [0.05, 0.1) is 18.7 Å². The Kier molecular flexibility index (Phi) is 5.10. The van der Waals surface area contributed by atoms with E-state index in [1.807, 2.05) is 4.90 Å². The summed E-state index contributed by atoms with van der Waals surface area (Å²) in [6.07, 6.45) is 2.03. The number of primary amides is 1. The molecular formula is C12H23N3O3. The number of carbonyl (C=O) groups excluding carboxylic acids is 2. The maximum absolute atomic E-state index is 11.8. The van der Waals surface area contributed by atoms with E-state index in [2.05, 4.69) is 0 Å². The van der Waals surface area contributed by atoms with Crippen molar-refractivity contribution in [2.24, 2.45) is 5.73 Å². The van der Waals surface area contributed by atoms with Crippen molar-refractivity contribution in [2.75, 3.05) is 40.9 Å². The van der Waals surface area contributed by atoms with Crippen molar-refractivity contribution in [1.29, 1.82) is 0 Å². The van der Waals surface area contributed by atoms with Gasteiger partial charge >= 0.3 is 0 Å². The summed E-state index contributed by atoms with van der Waals surface area (Å²) in [5, 5.41) is 0. The lowest BCUT2D eigenvalue weighted by molar-refractivity contribution is -0.133. The number of methoxy groups -OCH3 is 1. The highest BCUT2D eigenvalue weighted by Crippen LogP contribution is 2.32. The fourth-order valence-corrected chi connectivity index (χ4v) is 2.55. The van der Waals surface area contributed by atoms with Gasteiger partial charge in [-0.2, -0.15) is 0 Å². The number of hydrogen-bond donors (Lipinski definition) is 1. The highest BCUT2D eigenvalue weighted by atomic mass is 16.5. The molecular weight excluding hydrogens is 234 g/mol. The number of likely N-dealkylation sites (N-methyl/N-ethyl adjacent to an activating group) is 1. The molecule has 1 fully saturated rings. The largest absolute Gasteiger partial charge is 0.383 e. The average Bonchev–Trinajstić information content (AvgIpc) is 2.60. The lowest BCUT2D eigenvalue weighted by atomic mass is 9.92. The molecule has 0 aromatic heterocycles. The molecule has 0 radical (unpaired) electrons. The molecule has 1 rings (SSSR count). The van der Waals surface area contributed by atoms with E-state index in [0.717, 1.165) is 19.4 Å². The summed E-state index contributed by atoms with van der Waals surface area (Å²) < 4.78 is 5.23. The zero-order chi connectivity index (χ0) is 13.8. The normalized spacial score (nSPS) is 24.2. The summed E-state index contributed by atoms with van der Waals surface area (Å²) in [7, 11) is 5.06. The number of likely N-dealkylation sites (tertiary alicyclic amines) is 1. The molecule has 1 heterocycles. The first-order valence-electron chi connectivity index (χ1n) is 6.14. The Morgan fingerprint density at radius 2 is 2.11 bits per heavy atom. The van der Waals surface area contributed by atoms with E-state index >= 15 is 0 Å². The van der Waals surface area contributed by atoms with Gasteiger partial charge in [-0.1, -0.05) is 0 Å². The first kappa shape index (κ1) is 14.9. The van der Waals surface area contributed by atoms with Crippen LogP contribution in [0.5, 0.6) is 0 Å². The molecule has 0 unspecified atom stereocenters. The zero-order valence-electron chi connectivity index (χ0n) is 11.4. The zero-order valence-corrected chi connectivity index (χ0v) is 11.4. The number of hydrogen-bond acceptors (Lipinski definition) is 4. The van der Waals surface area contributed by atoms with Gasteiger partial charge in [0.25, 0.3) is 0 Å². The number of amides is 2. The molecule has 0 saturated carbocycles. The molecule has 2 N–H and O–H groups in total. The second kappa shape index (κ2) is 6.15. The van der Waals surface area contributed by atoms with Crippen LogP contribution in [0.2, 0.25) is 0 Å². The first-order valence-corrected chi connectivity index (χ1v) is 6.14. The molecule has 1 aliphatic rings. The van der Waals surface area contributed by atoms with Crippen LogP contribution in [0.3, 0.4) is 0 Å².